The monoisotopic (exact) mass is 413 g/mol. The van der Waals surface area contributed by atoms with Crippen LogP contribution < -0.4 is 5.32 Å². The molecule has 2 aliphatic carbocycles. The summed E-state index contributed by atoms with van der Waals surface area (Å²) in [5.41, 5.74) is 9.64. The largest absolute Gasteiger partial charge is 0.378 e. The summed E-state index contributed by atoms with van der Waals surface area (Å²) in [5, 5.41) is 6.42. The van der Waals surface area contributed by atoms with Crippen LogP contribution in [0.3, 0.4) is 0 Å². The topological polar surface area (TPSA) is 12.0 Å². The lowest BCUT2D eigenvalue weighted by Crippen LogP contribution is -2.26. The third kappa shape index (κ3) is 2.92. The highest BCUT2D eigenvalue weighted by Crippen LogP contribution is 2.50. The molecule has 156 valence electrons. The van der Waals surface area contributed by atoms with E-state index in [1.807, 2.05) is 0 Å². The molecule has 2 aliphatic rings. The summed E-state index contributed by atoms with van der Waals surface area (Å²) in [5.74, 6) is 0. The first-order chi connectivity index (χ1) is 15.6. The molecule has 1 unspecified atom stereocenters. The molecule has 1 N–H and O–H groups in total. The Bertz CT molecular complexity index is 1390. The van der Waals surface area contributed by atoms with Crippen molar-refractivity contribution in [3.63, 3.8) is 0 Å². The number of nitrogens with one attached hydrogen (secondary N) is 1. The fraction of sp³-hybridized carbons (Fsp3) is 0.161. The van der Waals surface area contributed by atoms with Crippen molar-refractivity contribution >= 4 is 22.0 Å². The summed E-state index contributed by atoms with van der Waals surface area (Å²) < 4.78 is 0. The summed E-state index contributed by atoms with van der Waals surface area (Å²) >= 11 is 0. The van der Waals surface area contributed by atoms with Crippen LogP contribution in [0.2, 0.25) is 0 Å². The summed E-state index contributed by atoms with van der Waals surface area (Å²) in [6.07, 6.45) is 5.71. The smallest absolute Gasteiger partial charge is 0.0485 e. The molecular weight excluding hydrogens is 386 g/mol. The van der Waals surface area contributed by atoms with Gasteiger partial charge in [-0.2, -0.15) is 0 Å². The van der Waals surface area contributed by atoms with E-state index < -0.39 is 0 Å². The van der Waals surface area contributed by atoms with Crippen LogP contribution in [0.15, 0.2) is 109 Å². The fourth-order valence-corrected chi connectivity index (χ4v) is 5.58. The van der Waals surface area contributed by atoms with Gasteiger partial charge in [-0.25, -0.2) is 0 Å². The standard InChI is InChI=1S/C31H27N/c1-31(2)28-16-7-6-12-25(28)26-19-18-22(20-29(26)31)32-30-17-9-14-24-23(13-8-15-27(24)30)21-10-4-3-5-11-21/h3-19,22,32H,20H2,1-2H3. The van der Waals surface area contributed by atoms with Gasteiger partial charge in [0.15, 0.2) is 0 Å². The minimum absolute atomic E-state index is 0.0792. The Morgan fingerprint density at radius 2 is 1.44 bits per heavy atom. The van der Waals surface area contributed by atoms with Crippen molar-refractivity contribution < 1.29 is 0 Å². The molecule has 0 amide bonds. The van der Waals surface area contributed by atoms with Gasteiger partial charge in [-0.15, -0.1) is 0 Å². The zero-order chi connectivity index (χ0) is 21.7. The van der Waals surface area contributed by atoms with Crippen LogP contribution >= 0.6 is 0 Å². The van der Waals surface area contributed by atoms with Crippen LogP contribution in [0.25, 0.3) is 27.5 Å². The molecule has 1 nitrogen and oxygen atoms in total. The van der Waals surface area contributed by atoms with E-state index >= 15 is 0 Å². The molecule has 0 aromatic heterocycles. The molecule has 0 heterocycles. The van der Waals surface area contributed by atoms with Crippen LogP contribution in [-0.4, -0.2) is 6.04 Å². The van der Waals surface area contributed by atoms with E-state index in [9.17, 15) is 0 Å². The Kier molecular flexibility index (Phi) is 4.33. The van der Waals surface area contributed by atoms with Gasteiger partial charge in [0.05, 0.1) is 0 Å². The molecule has 0 fully saturated rings. The van der Waals surface area contributed by atoms with Crippen LogP contribution in [-0.2, 0) is 5.41 Å². The van der Waals surface area contributed by atoms with Crippen molar-refractivity contribution in [2.24, 2.45) is 0 Å². The minimum atomic E-state index is 0.0792. The SMILES string of the molecule is CC1(C)C2=C(C=CC(Nc3cccc4c(-c5ccccc5)cccc34)C2)c2ccccc21. The van der Waals surface area contributed by atoms with Gasteiger partial charge in [-0.1, -0.05) is 111 Å². The quantitative estimate of drug-likeness (QED) is 0.359. The van der Waals surface area contributed by atoms with E-state index in [4.69, 9.17) is 0 Å². The predicted molar refractivity (Wildman–Crippen MR) is 137 cm³/mol. The first-order valence-electron chi connectivity index (χ1n) is 11.5. The van der Waals surface area contributed by atoms with Crippen molar-refractivity contribution in [1.82, 2.24) is 0 Å². The molecular formula is C31H27N. The lowest BCUT2D eigenvalue weighted by Gasteiger charge is -2.30. The van der Waals surface area contributed by atoms with Gasteiger partial charge in [-0.3, -0.25) is 0 Å². The highest BCUT2D eigenvalue weighted by Gasteiger charge is 2.38. The predicted octanol–water partition coefficient (Wildman–Crippen LogP) is 7.99. The second-order valence-corrected chi connectivity index (χ2v) is 9.45. The average Bonchev–Trinajstić information content (AvgIpc) is 3.06. The lowest BCUT2D eigenvalue weighted by atomic mass is 9.77. The molecule has 4 aromatic carbocycles. The van der Waals surface area contributed by atoms with E-state index in [1.54, 1.807) is 5.57 Å². The number of rotatable bonds is 3. The van der Waals surface area contributed by atoms with E-state index in [2.05, 4.69) is 122 Å². The normalized spacial score (nSPS) is 18.5. The summed E-state index contributed by atoms with van der Waals surface area (Å²) in [6, 6.07) is 33.1. The first-order valence-corrected chi connectivity index (χ1v) is 11.5. The Hall–Kier alpha value is -3.58. The molecule has 4 aromatic rings. The molecule has 6 rings (SSSR count). The van der Waals surface area contributed by atoms with Gasteiger partial charge in [0.2, 0.25) is 0 Å². The molecule has 0 radical (unpaired) electrons. The fourth-order valence-electron chi connectivity index (χ4n) is 5.58. The maximum absolute atomic E-state index is 3.86. The number of hydrogen-bond donors (Lipinski definition) is 1. The third-order valence-corrected chi connectivity index (χ3v) is 7.24. The molecule has 0 spiro atoms. The van der Waals surface area contributed by atoms with E-state index in [-0.39, 0.29) is 11.5 Å². The van der Waals surface area contributed by atoms with Gasteiger partial charge in [0.25, 0.3) is 0 Å². The molecule has 32 heavy (non-hydrogen) atoms. The summed E-state index contributed by atoms with van der Waals surface area (Å²) in [4.78, 5) is 0. The molecule has 1 heteroatoms. The maximum atomic E-state index is 3.86. The molecule has 0 bridgehead atoms. The highest BCUT2D eigenvalue weighted by molar-refractivity contribution is 6.03. The average molecular weight is 414 g/mol. The van der Waals surface area contributed by atoms with Crippen molar-refractivity contribution in [1.29, 1.82) is 0 Å². The van der Waals surface area contributed by atoms with Crippen LogP contribution in [0.5, 0.6) is 0 Å². The number of anilines is 1. The van der Waals surface area contributed by atoms with Crippen molar-refractivity contribution in [3.8, 4) is 11.1 Å². The molecule has 0 saturated carbocycles. The minimum Gasteiger partial charge on any atom is -0.378 e. The Morgan fingerprint density at radius 1 is 0.719 bits per heavy atom. The Labute approximate surface area is 190 Å². The second kappa shape index (κ2) is 7.24. The zero-order valence-electron chi connectivity index (χ0n) is 18.6. The zero-order valence-corrected chi connectivity index (χ0v) is 18.6. The number of allylic oxidation sites excluding steroid dienone is 2. The van der Waals surface area contributed by atoms with E-state index in [1.165, 1.54) is 44.3 Å². The van der Waals surface area contributed by atoms with Gasteiger partial charge in [0.1, 0.15) is 0 Å². The number of fused-ring (bicyclic) bond motifs is 3. The van der Waals surface area contributed by atoms with Crippen LogP contribution in [0.4, 0.5) is 5.69 Å². The van der Waals surface area contributed by atoms with Gasteiger partial charge in [-0.05, 0) is 51.3 Å². The lowest BCUT2D eigenvalue weighted by molar-refractivity contribution is 0.596. The summed E-state index contributed by atoms with van der Waals surface area (Å²) in [7, 11) is 0. The van der Waals surface area contributed by atoms with Crippen LogP contribution in [0.1, 0.15) is 31.4 Å². The van der Waals surface area contributed by atoms with Gasteiger partial charge < -0.3 is 5.32 Å². The number of benzene rings is 4. The second-order valence-electron chi connectivity index (χ2n) is 9.45. The van der Waals surface area contributed by atoms with Crippen LogP contribution in [0, 0.1) is 0 Å². The number of hydrogen-bond acceptors (Lipinski definition) is 1. The molecule has 1 atom stereocenters. The van der Waals surface area contributed by atoms with Crippen molar-refractivity contribution in [2.75, 3.05) is 5.32 Å². The molecule has 0 aliphatic heterocycles. The third-order valence-electron chi connectivity index (χ3n) is 7.24. The van der Waals surface area contributed by atoms with E-state index in [0.29, 0.717) is 0 Å². The van der Waals surface area contributed by atoms with Gasteiger partial charge in [0, 0.05) is 22.5 Å². The molecule has 0 saturated heterocycles. The van der Waals surface area contributed by atoms with Crippen molar-refractivity contribution in [2.45, 2.75) is 31.7 Å². The Balaban J connectivity index is 1.34. The van der Waals surface area contributed by atoms with Crippen molar-refractivity contribution in [3.05, 3.63) is 120 Å². The van der Waals surface area contributed by atoms with E-state index in [0.717, 1.165) is 6.42 Å². The first kappa shape index (κ1) is 19.1. The maximum Gasteiger partial charge on any atom is 0.0485 e. The Morgan fingerprint density at radius 3 is 2.31 bits per heavy atom. The van der Waals surface area contributed by atoms with Gasteiger partial charge >= 0.3 is 0 Å². The summed E-state index contributed by atoms with van der Waals surface area (Å²) in [6.45, 7) is 4.74. The highest BCUT2D eigenvalue weighted by atomic mass is 14.9.